The van der Waals surface area contributed by atoms with Gasteiger partial charge in [0.05, 0.1) is 12.0 Å². The average molecular weight is 290 g/mol. The van der Waals surface area contributed by atoms with Crippen molar-refractivity contribution >= 4 is 23.1 Å². The van der Waals surface area contributed by atoms with Crippen molar-refractivity contribution in [2.24, 2.45) is 0 Å². The molecule has 0 atom stereocenters. The van der Waals surface area contributed by atoms with E-state index in [1.807, 2.05) is 6.07 Å². The predicted molar refractivity (Wildman–Crippen MR) is 76.5 cm³/mol. The summed E-state index contributed by atoms with van der Waals surface area (Å²) in [5.41, 5.74) is 0.728. The summed E-state index contributed by atoms with van der Waals surface area (Å²) in [6, 6.07) is 8.85. The highest BCUT2D eigenvalue weighted by Gasteiger charge is 2.23. The van der Waals surface area contributed by atoms with Crippen LogP contribution >= 0.6 is 11.3 Å². The van der Waals surface area contributed by atoms with Gasteiger partial charge in [-0.25, -0.2) is 4.79 Å². The number of hydrogen-bond acceptors (Lipinski definition) is 5. The fourth-order valence-corrected chi connectivity index (χ4v) is 2.98. The summed E-state index contributed by atoms with van der Waals surface area (Å²) in [7, 11) is 1.26. The monoisotopic (exact) mass is 290 g/mol. The molecular formula is C15H14O4S. The molecule has 1 aromatic heterocycles. The molecule has 0 saturated heterocycles. The molecule has 20 heavy (non-hydrogen) atoms. The molecule has 5 heteroatoms. The minimum Gasteiger partial charge on any atom is -0.506 e. The van der Waals surface area contributed by atoms with E-state index in [1.165, 1.54) is 18.4 Å². The van der Waals surface area contributed by atoms with Gasteiger partial charge in [0.2, 0.25) is 0 Å². The largest absolute Gasteiger partial charge is 0.506 e. The van der Waals surface area contributed by atoms with Crippen LogP contribution in [0.2, 0.25) is 0 Å². The number of benzene rings is 1. The maximum atomic E-state index is 12.1. The molecule has 4 nitrogen and oxygen atoms in total. The third-order valence-electron chi connectivity index (χ3n) is 2.94. The minimum atomic E-state index is -0.588. The van der Waals surface area contributed by atoms with Crippen molar-refractivity contribution in [1.82, 2.24) is 0 Å². The zero-order valence-electron chi connectivity index (χ0n) is 11.2. The fraction of sp³-hybridized carbons (Fsp3) is 0.200. The summed E-state index contributed by atoms with van der Waals surface area (Å²) in [6.45, 7) is 1.72. The van der Waals surface area contributed by atoms with Crippen LogP contribution in [-0.2, 0) is 11.2 Å². The summed E-state index contributed by atoms with van der Waals surface area (Å²) in [6.07, 6.45) is 0.0678. The normalized spacial score (nSPS) is 10.3. The third kappa shape index (κ3) is 2.72. The second-order valence-electron chi connectivity index (χ2n) is 4.26. The van der Waals surface area contributed by atoms with Crippen molar-refractivity contribution in [3.05, 3.63) is 51.2 Å². The number of rotatable bonds is 4. The average Bonchev–Trinajstić information content (AvgIpc) is 2.73. The third-order valence-corrected chi connectivity index (χ3v) is 4.03. The Morgan fingerprint density at radius 3 is 2.50 bits per heavy atom. The maximum absolute atomic E-state index is 12.1. The Morgan fingerprint density at radius 2 is 1.90 bits per heavy atom. The smallest absolute Gasteiger partial charge is 0.342 e. The zero-order valence-corrected chi connectivity index (χ0v) is 12.0. The number of ether oxygens (including phenoxy) is 1. The van der Waals surface area contributed by atoms with Crippen LogP contribution in [0.3, 0.4) is 0 Å². The van der Waals surface area contributed by atoms with E-state index in [-0.39, 0.29) is 23.5 Å². The van der Waals surface area contributed by atoms with Crippen molar-refractivity contribution in [3.63, 3.8) is 0 Å². The summed E-state index contributed by atoms with van der Waals surface area (Å²) in [5, 5.41) is 10.1. The number of carbonyl (C=O) groups is 2. The highest BCUT2D eigenvalue weighted by atomic mass is 32.1. The Hall–Kier alpha value is -2.14. The lowest BCUT2D eigenvalue weighted by molar-refractivity contribution is 0.0597. The van der Waals surface area contributed by atoms with E-state index in [0.717, 1.165) is 0 Å². The van der Waals surface area contributed by atoms with Crippen LogP contribution < -0.4 is 0 Å². The van der Waals surface area contributed by atoms with Crippen molar-refractivity contribution < 1.29 is 19.4 Å². The van der Waals surface area contributed by atoms with Gasteiger partial charge in [0.15, 0.2) is 5.78 Å². The van der Waals surface area contributed by atoms with Crippen LogP contribution in [-0.4, -0.2) is 24.0 Å². The Balaban J connectivity index is 2.27. The molecular weight excluding hydrogens is 276 g/mol. The van der Waals surface area contributed by atoms with E-state index in [9.17, 15) is 14.7 Å². The van der Waals surface area contributed by atoms with E-state index in [4.69, 9.17) is 0 Å². The van der Waals surface area contributed by atoms with Crippen LogP contribution in [0.4, 0.5) is 0 Å². The Bertz CT molecular complexity index is 643. The van der Waals surface area contributed by atoms with E-state index < -0.39 is 5.97 Å². The highest BCUT2D eigenvalue weighted by Crippen LogP contribution is 2.35. The highest BCUT2D eigenvalue weighted by molar-refractivity contribution is 7.12. The molecule has 0 bridgehead atoms. The van der Waals surface area contributed by atoms with Crippen molar-refractivity contribution in [2.45, 2.75) is 13.3 Å². The predicted octanol–water partition coefficient (Wildman–Crippen LogP) is 2.97. The number of Topliss-reactive ketones (excluding diaryl/α,β-unsaturated/α-hetero) is 1. The van der Waals surface area contributed by atoms with Gasteiger partial charge >= 0.3 is 5.97 Å². The number of esters is 1. The first-order chi connectivity index (χ1) is 9.54. The maximum Gasteiger partial charge on any atom is 0.342 e. The summed E-state index contributed by atoms with van der Waals surface area (Å²) in [5.74, 6) is -0.836. The van der Waals surface area contributed by atoms with Crippen LogP contribution in [0.1, 0.15) is 30.5 Å². The molecule has 2 rings (SSSR count). The van der Waals surface area contributed by atoms with Gasteiger partial charge in [0.1, 0.15) is 11.3 Å². The number of carbonyl (C=O) groups excluding carboxylic acids is 2. The Kier molecular flexibility index (Phi) is 4.20. The summed E-state index contributed by atoms with van der Waals surface area (Å²) < 4.78 is 4.62. The van der Waals surface area contributed by atoms with Crippen molar-refractivity contribution in [3.8, 4) is 5.75 Å². The molecule has 0 spiro atoms. The number of thiophene rings is 1. The molecule has 0 fully saturated rings. The van der Waals surface area contributed by atoms with Gasteiger partial charge in [-0.2, -0.15) is 0 Å². The van der Waals surface area contributed by atoms with Crippen LogP contribution in [0, 0.1) is 6.92 Å². The van der Waals surface area contributed by atoms with Crippen LogP contribution in [0.25, 0.3) is 0 Å². The first-order valence-corrected chi connectivity index (χ1v) is 6.84. The van der Waals surface area contributed by atoms with Crippen LogP contribution in [0.15, 0.2) is 30.3 Å². The molecule has 0 unspecified atom stereocenters. The number of methoxy groups -OCH3 is 1. The van der Waals surface area contributed by atoms with Gasteiger partial charge in [-0.3, -0.25) is 4.79 Å². The zero-order chi connectivity index (χ0) is 14.7. The molecule has 2 aromatic rings. The number of aryl methyl sites for hydroxylation is 1. The quantitative estimate of drug-likeness (QED) is 0.694. The molecule has 0 aliphatic carbocycles. The molecule has 0 aliphatic heterocycles. The Labute approximate surface area is 120 Å². The lowest BCUT2D eigenvalue weighted by atomic mass is 10.1. The number of hydrogen-bond donors (Lipinski definition) is 1. The molecule has 1 aromatic carbocycles. The first-order valence-electron chi connectivity index (χ1n) is 6.02. The fourth-order valence-electron chi connectivity index (χ4n) is 1.92. The molecule has 0 aliphatic rings. The van der Waals surface area contributed by atoms with Crippen LogP contribution in [0.5, 0.6) is 5.75 Å². The lowest BCUT2D eigenvalue weighted by Gasteiger charge is -2.01. The minimum absolute atomic E-state index is 0.0678. The molecule has 1 N–H and O–H groups in total. The molecule has 0 radical (unpaired) electrons. The molecule has 0 saturated carbocycles. The van der Waals surface area contributed by atoms with Crippen molar-refractivity contribution in [2.75, 3.05) is 7.11 Å². The van der Waals surface area contributed by atoms with Gasteiger partial charge in [-0.1, -0.05) is 30.3 Å². The number of ketones is 1. The Morgan fingerprint density at radius 1 is 1.25 bits per heavy atom. The first kappa shape index (κ1) is 14.3. The topological polar surface area (TPSA) is 63.6 Å². The van der Waals surface area contributed by atoms with Gasteiger partial charge in [-0.05, 0) is 6.92 Å². The molecule has 1 heterocycles. The lowest BCUT2D eigenvalue weighted by Crippen LogP contribution is -2.03. The van der Waals surface area contributed by atoms with E-state index >= 15 is 0 Å². The van der Waals surface area contributed by atoms with E-state index in [0.29, 0.717) is 15.3 Å². The van der Waals surface area contributed by atoms with Gasteiger partial charge in [0.25, 0.3) is 0 Å². The van der Waals surface area contributed by atoms with Gasteiger partial charge in [0, 0.05) is 16.9 Å². The second kappa shape index (κ2) is 5.88. The van der Waals surface area contributed by atoms with Crippen molar-refractivity contribution in [1.29, 1.82) is 0 Å². The second-order valence-corrected chi connectivity index (χ2v) is 5.57. The van der Waals surface area contributed by atoms with E-state index in [1.54, 1.807) is 31.2 Å². The number of aromatic hydroxyl groups is 1. The molecule has 0 amide bonds. The van der Waals surface area contributed by atoms with Gasteiger partial charge in [-0.15, -0.1) is 11.3 Å². The van der Waals surface area contributed by atoms with E-state index in [2.05, 4.69) is 4.74 Å². The van der Waals surface area contributed by atoms with Gasteiger partial charge < -0.3 is 9.84 Å². The summed E-state index contributed by atoms with van der Waals surface area (Å²) >= 11 is 1.24. The summed E-state index contributed by atoms with van der Waals surface area (Å²) in [4.78, 5) is 24.8. The standard InChI is InChI=1S/C15H14O4S/c1-9-13(15(18)19-2)14(17)12(20-9)8-11(16)10-6-4-3-5-7-10/h3-7,17H,8H2,1-2H3. The molecule has 104 valence electrons. The SMILES string of the molecule is COC(=O)c1c(C)sc(CC(=O)c2ccccc2)c1O.